The SMILES string of the molecule is CNCc1cc(Br)ccc1OCc1cc(C#N)ccc1F. The van der Waals surface area contributed by atoms with Crippen LogP contribution in [-0.4, -0.2) is 7.05 Å². The second-order valence-electron chi connectivity index (χ2n) is 4.49. The van der Waals surface area contributed by atoms with Crippen molar-refractivity contribution in [1.82, 2.24) is 5.32 Å². The summed E-state index contributed by atoms with van der Waals surface area (Å²) < 4.78 is 20.4. The summed E-state index contributed by atoms with van der Waals surface area (Å²) in [6.07, 6.45) is 0. The maximum Gasteiger partial charge on any atom is 0.129 e. The van der Waals surface area contributed by atoms with Gasteiger partial charge < -0.3 is 10.1 Å². The summed E-state index contributed by atoms with van der Waals surface area (Å²) in [6.45, 7) is 0.731. The largest absolute Gasteiger partial charge is 0.488 e. The van der Waals surface area contributed by atoms with E-state index < -0.39 is 0 Å². The predicted molar refractivity (Wildman–Crippen MR) is 82.4 cm³/mol. The van der Waals surface area contributed by atoms with E-state index in [2.05, 4.69) is 21.2 Å². The average molecular weight is 349 g/mol. The molecule has 0 aliphatic rings. The van der Waals surface area contributed by atoms with E-state index in [0.29, 0.717) is 23.4 Å². The van der Waals surface area contributed by atoms with Gasteiger partial charge in [0, 0.05) is 22.1 Å². The predicted octanol–water partition coefficient (Wildman–Crippen LogP) is 3.76. The molecule has 0 saturated carbocycles. The second-order valence-corrected chi connectivity index (χ2v) is 5.40. The van der Waals surface area contributed by atoms with Gasteiger partial charge in [0.25, 0.3) is 0 Å². The number of benzene rings is 2. The third-order valence-electron chi connectivity index (χ3n) is 2.95. The summed E-state index contributed by atoms with van der Waals surface area (Å²) in [5.74, 6) is 0.315. The van der Waals surface area contributed by atoms with E-state index in [9.17, 15) is 4.39 Å². The molecule has 0 unspecified atom stereocenters. The first-order chi connectivity index (χ1) is 10.1. The van der Waals surface area contributed by atoms with Crippen LogP contribution in [0.5, 0.6) is 5.75 Å². The molecule has 2 aromatic carbocycles. The van der Waals surface area contributed by atoms with Crippen LogP contribution in [0.3, 0.4) is 0 Å². The number of hydrogen-bond acceptors (Lipinski definition) is 3. The minimum Gasteiger partial charge on any atom is -0.488 e. The highest BCUT2D eigenvalue weighted by Crippen LogP contribution is 2.24. The number of halogens is 2. The van der Waals surface area contributed by atoms with E-state index in [4.69, 9.17) is 10.00 Å². The molecule has 3 nitrogen and oxygen atoms in total. The molecule has 0 aliphatic carbocycles. The molecule has 0 aromatic heterocycles. The highest BCUT2D eigenvalue weighted by atomic mass is 79.9. The molecule has 108 valence electrons. The van der Waals surface area contributed by atoms with Crippen LogP contribution in [0.25, 0.3) is 0 Å². The Kier molecular flexibility index (Phi) is 5.32. The van der Waals surface area contributed by atoms with Crippen molar-refractivity contribution in [3.63, 3.8) is 0 Å². The van der Waals surface area contributed by atoms with Gasteiger partial charge in [0.2, 0.25) is 0 Å². The summed E-state index contributed by atoms with van der Waals surface area (Å²) in [6, 6.07) is 11.9. The molecule has 0 atom stereocenters. The molecule has 21 heavy (non-hydrogen) atoms. The second kappa shape index (κ2) is 7.21. The maximum atomic E-state index is 13.7. The van der Waals surface area contributed by atoms with Crippen molar-refractivity contribution in [3.05, 3.63) is 63.4 Å². The third-order valence-corrected chi connectivity index (χ3v) is 3.44. The molecule has 1 N–H and O–H groups in total. The van der Waals surface area contributed by atoms with Crippen LogP contribution < -0.4 is 10.1 Å². The van der Waals surface area contributed by atoms with E-state index in [0.717, 1.165) is 10.0 Å². The van der Waals surface area contributed by atoms with Gasteiger partial charge in [-0.1, -0.05) is 15.9 Å². The molecule has 0 radical (unpaired) electrons. The number of nitrogens with one attached hydrogen (secondary N) is 1. The zero-order valence-corrected chi connectivity index (χ0v) is 13.1. The summed E-state index contributed by atoms with van der Waals surface area (Å²) in [5, 5.41) is 11.9. The van der Waals surface area contributed by atoms with E-state index in [1.807, 2.05) is 31.3 Å². The van der Waals surface area contributed by atoms with Gasteiger partial charge in [0.05, 0.1) is 11.6 Å². The first-order valence-corrected chi connectivity index (χ1v) is 7.17. The number of hydrogen-bond donors (Lipinski definition) is 1. The van der Waals surface area contributed by atoms with Crippen molar-refractivity contribution in [2.45, 2.75) is 13.2 Å². The molecule has 5 heteroatoms. The fraction of sp³-hybridized carbons (Fsp3) is 0.188. The zero-order valence-electron chi connectivity index (χ0n) is 11.5. The Labute approximate surface area is 131 Å². The summed E-state index contributed by atoms with van der Waals surface area (Å²) >= 11 is 3.41. The smallest absolute Gasteiger partial charge is 0.129 e. The Morgan fingerprint density at radius 3 is 2.76 bits per heavy atom. The van der Waals surface area contributed by atoms with Crippen LogP contribution in [0.2, 0.25) is 0 Å². The highest BCUT2D eigenvalue weighted by Gasteiger charge is 2.08. The monoisotopic (exact) mass is 348 g/mol. The Morgan fingerprint density at radius 2 is 2.05 bits per heavy atom. The van der Waals surface area contributed by atoms with Crippen molar-refractivity contribution in [2.24, 2.45) is 0 Å². The lowest BCUT2D eigenvalue weighted by molar-refractivity contribution is 0.296. The van der Waals surface area contributed by atoms with Crippen molar-refractivity contribution in [2.75, 3.05) is 7.05 Å². The van der Waals surface area contributed by atoms with Gasteiger partial charge >= 0.3 is 0 Å². The number of ether oxygens (including phenoxy) is 1. The Bertz CT molecular complexity index is 682. The molecule has 2 rings (SSSR count). The number of nitrogens with zero attached hydrogens (tertiary/aromatic N) is 1. The number of rotatable bonds is 5. The Morgan fingerprint density at radius 1 is 1.24 bits per heavy atom. The fourth-order valence-corrected chi connectivity index (χ4v) is 2.34. The first kappa shape index (κ1) is 15.5. The molecule has 0 amide bonds. The Balaban J connectivity index is 2.18. The van der Waals surface area contributed by atoms with Crippen molar-refractivity contribution >= 4 is 15.9 Å². The lowest BCUT2D eigenvalue weighted by atomic mass is 10.1. The standard InChI is InChI=1S/C16H14BrFN2O/c1-20-9-12-7-14(17)3-5-16(12)21-10-13-6-11(8-19)2-4-15(13)18/h2-7,20H,9-10H2,1H3. The third kappa shape index (κ3) is 4.03. The van der Waals surface area contributed by atoms with E-state index in [-0.39, 0.29) is 12.4 Å². The molecular weight excluding hydrogens is 335 g/mol. The van der Waals surface area contributed by atoms with Gasteiger partial charge in [0.15, 0.2) is 0 Å². The first-order valence-electron chi connectivity index (χ1n) is 6.38. The molecule has 0 saturated heterocycles. The maximum absolute atomic E-state index is 13.7. The van der Waals surface area contributed by atoms with Crippen LogP contribution in [0.1, 0.15) is 16.7 Å². The molecule has 0 aliphatic heterocycles. The molecule has 0 spiro atoms. The van der Waals surface area contributed by atoms with Crippen LogP contribution >= 0.6 is 15.9 Å². The lowest BCUT2D eigenvalue weighted by Crippen LogP contribution is -2.08. The summed E-state index contributed by atoms with van der Waals surface area (Å²) in [5.41, 5.74) is 1.76. The summed E-state index contributed by atoms with van der Waals surface area (Å²) in [7, 11) is 1.85. The lowest BCUT2D eigenvalue weighted by Gasteiger charge is -2.12. The van der Waals surface area contributed by atoms with Crippen LogP contribution in [0.4, 0.5) is 4.39 Å². The molecular formula is C16H14BrFN2O. The molecule has 0 heterocycles. The number of nitriles is 1. The van der Waals surface area contributed by atoms with E-state index in [1.54, 1.807) is 0 Å². The van der Waals surface area contributed by atoms with Crippen molar-refractivity contribution < 1.29 is 9.13 Å². The Hall–Kier alpha value is -1.90. The normalized spacial score (nSPS) is 10.2. The zero-order chi connectivity index (χ0) is 15.2. The van der Waals surface area contributed by atoms with Gasteiger partial charge in [-0.25, -0.2) is 4.39 Å². The topological polar surface area (TPSA) is 45.0 Å². The van der Waals surface area contributed by atoms with Gasteiger partial charge in [-0.2, -0.15) is 5.26 Å². The van der Waals surface area contributed by atoms with Gasteiger partial charge in [0.1, 0.15) is 18.2 Å². The van der Waals surface area contributed by atoms with Crippen molar-refractivity contribution in [1.29, 1.82) is 5.26 Å². The van der Waals surface area contributed by atoms with Crippen molar-refractivity contribution in [3.8, 4) is 11.8 Å². The van der Waals surface area contributed by atoms with E-state index in [1.165, 1.54) is 18.2 Å². The average Bonchev–Trinajstić information content (AvgIpc) is 2.48. The van der Waals surface area contributed by atoms with E-state index >= 15 is 0 Å². The minimum atomic E-state index is -0.374. The van der Waals surface area contributed by atoms with Crippen LogP contribution in [-0.2, 0) is 13.2 Å². The highest BCUT2D eigenvalue weighted by molar-refractivity contribution is 9.10. The summed E-state index contributed by atoms with van der Waals surface area (Å²) in [4.78, 5) is 0. The minimum absolute atomic E-state index is 0.0830. The van der Waals surface area contributed by atoms with Gasteiger partial charge in [-0.05, 0) is 43.4 Å². The fourth-order valence-electron chi connectivity index (χ4n) is 1.93. The molecule has 0 fully saturated rings. The molecule has 2 aromatic rings. The quantitative estimate of drug-likeness (QED) is 0.894. The van der Waals surface area contributed by atoms with Crippen LogP contribution in [0.15, 0.2) is 40.9 Å². The molecule has 0 bridgehead atoms. The van der Waals surface area contributed by atoms with Crippen LogP contribution in [0, 0.1) is 17.1 Å². The van der Waals surface area contributed by atoms with Gasteiger partial charge in [-0.3, -0.25) is 0 Å². The van der Waals surface area contributed by atoms with Gasteiger partial charge in [-0.15, -0.1) is 0 Å².